The molecule has 106 valence electrons. The van der Waals surface area contributed by atoms with Crippen molar-refractivity contribution in [2.75, 3.05) is 6.54 Å². The molecule has 1 aliphatic rings. The largest absolute Gasteiger partial charge is 0.481 e. The van der Waals surface area contributed by atoms with Gasteiger partial charge in [-0.05, 0) is 31.7 Å². The fourth-order valence-corrected chi connectivity index (χ4v) is 2.66. The smallest absolute Gasteiger partial charge is 0.306 e. The van der Waals surface area contributed by atoms with E-state index in [9.17, 15) is 4.79 Å². The van der Waals surface area contributed by atoms with Crippen LogP contribution >= 0.6 is 0 Å². The third-order valence-electron chi connectivity index (χ3n) is 3.64. The minimum atomic E-state index is -0.674. The topological polar surface area (TPSA) is 88.2 Å². The van der Waals surface area contributed by atoms with Gasteiger partial charge in [-0.25, -0.2) is 0 Å². The van der Waals surface area contributed by atoms with E-state index in [4.69, 9.17) is 9.63 Å². The summed E-state index contributed by atoms with van der Waals surface area (Å²) in [5.74, 6) is 0.658. The predicted octanol–water partition coefficient (Wildman–Crippen LogP) is 1.61. The summed E-state index contributed by atoms with van der Waals surface area (Å²) in [6.45, 7) is 3.28. The van der Waals surface area contributed by atoms with Gasteiger partial charge in [0, 0.05) is 6.42 Å². The number of nitrogens with one attached hydrogen (secondary N) is 1. The van der Waals surface area contributed by atoms with Gasteiger partial charge in [0.05, 0.1) is 12.5 Å². The van der Waals surface area contributed by atoms with E-state index in [2.05, 4.69) is 22.4 Å². The lowest BCUT2D eigenvalue weighted by Crippen LogP contribution is -2.28. The Morgan fingerprint density at radius 2 is 2.37 bits per heavy atom. The number of carboxylic acids is 1. The highest BCUT2D eigenvalue weighted by atomic mass is 16.5. The first-order chi connectivity index (χ1) is 9.20. The Labute approximate surface area is 112 Å². The van der Waals surface area contributed by atoms with Gasteiger partial charge >= 0.3 is 5.97 Å². The van der Waals surface area contributed by atoms with Gasteiger partial charge in [0.15, 0.2) is 5.82 Å². The fraction of sp³-hybridized carbons (Fsp3) is 0.769. The summed E-state index contributed by atoms with van der Waals surface area (Å²) in [4.78, 5) is 15.3. The van der Waals surface area contributed by atoms with E-state index in [0.29, 0.717) is 19.0 Å². The van der Waals surface area contributed by atoms with Crippen LogP contribution in [0.3, 0.4) is 0 Å². The SMILES string of the molecule is CCCc1noc(CNCC2CCCC2C(=O)O)n1. The van der Waals surface area contributed by atoms with Gasteiger partial charge < -0.3 is 14.9 Å². The third-order valence-corrected chi connectivity index (χ3v) is 3.64. The highest BCUT2D eigenvalue weighted by Crippen LogP contribution is 2.31. The molecule has 1 fully saturated rings. The van der Waals surface area contributed by atoms with Gasteiger partial charge in [0.1, 0.15) is 0 Å². The summed E-state index contributed by atoms with van der Waals surface area (Å²) in [6, 6.07) is 0. The normalized spacial score (nSPS) is 22.8. The lowest BCUT2D eigenvalue weighted by Gasteiger charge is -2.15. The number of nitrogens with zero attached hydrogens (tertiary/aromatic N) is 2. The van der Waals surface area contributed by atoms with Crippen molar-refractivity contribution >= 4 is 5.97 Å². The molecule has 19 heavy (non-hydrogen) atoms. The lowest BCUT2D eigenvalue weighted by molar-refractivity contribution is -0.142. The molecule has 2 rings (SSSR count). The van der Waals surface area contributed by atoms with Crippen molar-refractivity contribution in [1.82, 2.24) is 15.5 Å². The van der Waals surface area contributed by atoms with Crippen LogP contribution in [0.25, 0.3) is 0 Å². The summed E-state index contributed by atoms with van der Waals surface area (Å²) in [6.07, 6.45) is 4.60. The highest BCUT2D eigenvalue weighted by Gasteiger charge is 2.32. The van der Waals surface area contributed by atoms with E-state index in [1.807, 2.05) is 0 Å². The second-order valence-electron chi connectivity index (χ2n) is 5.12. The molecule has 2 atom stereocenters. The van der Waals surface area contributed by atoms with Crippen molar-refractivity contribution in [1.29, 1.82) is 0 Å². The number of rotatable bonds is 7. The molecule has 1 saturated carbocycles. The van der Waals surface area contributed by atoms with Crippen molar-refractivity contribution in [2.45, 2.75) is 45.6 Å². The molecule has 1 aliphatic carbocycles. The van der Waals surface area contributed by atoms with Crippen LogP contribution in [0, 0.1) is 11.8 Å². The Morgan fingerprint density at radius 1 is 1.53 bits per heavy atom. The summed E-state index contributed by atoms with van der Waals surface area (Å²) < 4.78 is 5.12. The molecule has 6 heteroatoms. The zero-order valence-corrected chi connectivity index (χ0v) is 11.3. The third kappa shape index (κ3) is 3.76. The molecule has 0 bridgehead atoms. The number of aromatic nitrogens is 2. The highest BCUT2D eigenvalue weighted by molar-refractivity contribution is 5.70. The van der Waals surface area contributed by atoms with E-state index in [1.165, 1.54) is 0 Å². The molecule has 6 nitrogen and oxygen atoms in total. The maximum Gasteiger partial charge on any atom is 0.306 e. The minimum absolute atomic E-state index is 0.203. The van der Waals surface area contributed by atoms with Crippen molar-refractivity contribution in [3.8, 4) is 0 Å². The van der Waals surface area contributed by atoms with Gasteiger partial charge in [-0.2, -0.15) is 4.98 Å². The molecule has 0 saturated heterocycles. The standard InChI is InChI=1S/C13H21N3O3/c1-2-4-11-15-12(19-16-11)8-14-7-9-5-3-6-10(9)13(17)18/h9-10,14H,2-8H2,1H3,(H,17,18). The minimum Gasteiger partial charge on any atom is -0.481 e. The molecule has 0 spiro atoms. The maximum absolute atomic E-state index is 11.1. The van der Waals surface area contributed by atoms with Crippen molar-refractivity contribution < 1.29 is 14.4 Å². The average Bonchev–Trinajstić information content (AvgIpc) is 2.99. The molecular weight excluding hydrogens is 246 g/mol. The molecule has 0 amide bonds. The van der Waals surface area contributed by atoms with Crippen LogP contribution in [0.15, 0.2) is 4.52 Å². The fourth-order valence-electron chi connectivity index (χ4n) is 2.66. The maximum atomic E-state index is 11.1. The van der Waals surface area contributed by atoms with E-state index >= 15 is 0 Å². The first kappa shape index (κ1) is 14.0. The molecule has 1 heterocycles. The number of carbonyl (C=O) groups is 1. The number of hydrogen-bond donors (Lipinski definition) is 2. The van der Waals surface area contributed by atoms with Crippen LogP contribution in [0.5, 0.6) is 0 Å². The van der Waals surface area contributed by atoms with E-state index < -0.39 is 5.97 Å². The summed E-state index contributed by atoms with van der Waals surface area (Å²) in [5.41, 5.74) is 0. The Bertz CT molecular complexity index is 419. The molecule has 2 N–H and O–H groups in total. The van der Waals surface area contributed by atoms with Crippen LogP contribution in [-0.4, -0.2) is 27.8 Å². The summed E-state index contributed by atoms with van der Waals surface area (Å²) in [7, 11) is 0. The van der Waals surface area contributed by atoms with E-state index in [-0.39, 0.29) is 11.8 Å². The zero-order valence-electron chi connectivity index (χ0n) is 11.3. The molecular formula is C13H21N3O3. The Morgan fingerprint density at radius 3 is 3.11 bits per heavy atom. The van der Waals surface area contributed by atoms with Gasteiger partial charge in [-0.3, -0.25) is 4.79 Å². The molecule has 2 unspecified atom stereocenters. The quantitative estimate of drug-likeness (QED) is 0.780. The number of hydrogen-bond acceptors (Lipinski definition) is 5. The van der Waals surface area contributed by atoms with Crippen LogP contribution in [0.1, 0.15) is 44.3 Å². The lowest BCUT2D eigenvalue weighted by atomic mass is 9.96. The zero-order chi connectivity index (χ0) is 13.7. The van der Waals surface area contributed by atoms with Crippen LogP contribution < -0.4 is 5.32 Å². The monoisotopic (exact) mass is 267 g/mol. The first-order valence-corrected chi connectivity index (χ1v) is 6.95. The Hall–Kier alpha value is -1.43. The van der Waals surface area contributed by atoms with Gasteiger partial charge in [0.2, 0.25) is 5.89 Å². The molecule has 0 aromatic carbocycles. The number of aliphatic carboxylic acids is 1. The predicted molar refractivity (Wildman–Crippen MR) is 68.5 cm³/mol. The van der Waals surface area contributed by atoms with Gasteiger partial charge in [-0.15, -0.1) is 0 Å². The van der Waals surface area contributed by atoms with Gasteiger partial charge in [0.25, 0.3) is 0 Å². The molecule has 1 aromatic rings. The van der Waals surface area contributed by atoms with Crippen LogP contribution in [-0.2, 0) is 17.8 Å². The van der Waals surface area contributed by atoms with E-state index in [1.54, 1.807) is 0 Å². The molecule has 0 aliphatic heterocycles. The van der Waals surface area contributed by atoms with E-state index in [0.717, 1.165) is 37.9 Å². The average molecular weight is 267 g/mol. The molecule has 0 radical (unpaired) electrons. The number of aryl methyl sites for hydroxylation is 1. The number of carboxylic acid groups (broad SMARTS) is 1. The van der Waals surface area contributed by atoms with Gasteiger partial charge in [-0.1, -0.05) is 18.5 Å². The Kier molecular flexibility index (Phi) is 4.90. The Balaban J connectivity index is 1.75. The van der Waals surface area contributed by atoms with Crippen molar-refractivity contribution in [3.05, 3.63) is 11.7 Å². The van der Waals surface area contributed by atoms with Crippen LogP contribution in [0.4, 0.5) is 0 Å². The molecule has 1 aromatic heterocycles. The van der Waals surface area contributed by atoms with Crippen molar-refractivity contribution in [3.63, 3.8) is 0 Å². The van der Waals surface area contributed by atoms with Crippen LogP contribution in [0.2, 0.25) is 0 Å². The summed E-state index contributed by atoms with van der Waals surface area (Å²) >= 11 is 0. The second kappa shape index (κ2) is 6.65. The summed E-state index contributed by atoms with van der Waals surface area (Å²) in [5, 5.41) is 16.2. The van der Waals surface area contributed by atoms with Crippen molar-refractivity contribution in [2.24, 2.45) is 11.8 Å². The second-order valence-corrected chi connectivity index (χ2v) is 5.12. The first-order valence-electron chi connectivity index (χ1n) is 6.95.